The van der Waals surface area contributed by atoms with Crippen LogP contribution in [0.4, 0.5) is 5.69 Å². The molecule has 0 unspecified atom stereocenters. The minimum atomic E-state index is -0.248. The highest BCUT2D eigenvalue weighted by Crippen LogP contribution is 2.46. The topological polar surface area (TPSA) is 66.2 Å². The second-order valence-electron chi connectivity index (χ2n) is 7.61. The minimum absolute atomic E-state index is 0.110. The molecule has 1 aliphatic rings. The number of pyridine rings is 1. The molecule has 0 spiro atoms. The average molecular weight is 482 g/mol. The summed E-state index contributed by atoms with van der Waals surface area (Å²) < 4.78 is 2.15. The van der Waals surface area contributed by atoms with Crippen LogP contribution in [0, 0.1) is 13.8 Å². The van der Waals surface area contributed by atoms with Crippen molar-refractivity contribution in [2.75, 3.05) is 4.90 Å². The molecular formula is C23H20ClN5OS2. The van der Waals surface area contributed by atoms with E-state index in [9.17, 15) is 5.11 Å². The zero-order chi connectivity index (χ0) is 22.4. The van der Waals surface area contributed by atoms with Gasteiger partial charge in [-0.25, -0.2) is 4.98 Å². The quantitative estimate of drug-likeness (QED) is 0.376. The van der Waals surface area contributed by atoms with Crippen molar-refractivity contribution in [3.05, 3.63) is 87.9 Å². The van der Waals surface area contributed by atoms with Gasteiger partial charge in [0, 0.05) is 34.2 Å². The summed E-state index contributed by atoms with van der Waals surface area (Å²) in [6.45, 7) is 4.15. The molecule has 4 aromatic rings. The van der Waals surface area contributed by atoms with Gasteiger partial charge in [0.1, 0.15) is 5.75 Å². The van der Waals surface area contributed by atoms with Gasteiger partial charge < -0.3 is 15.3 Å². The molecule has 0 amide bonds. The molecule has 6 nitrogen and oxygen atoms in total. The first-order valence-electron chi connectivity index (χ1n) is 10.0. The van der Waals surface area contributed by atoms with Crippen molar-refractivity contribution in [2.45, 2.75) is 25.9 Å². The highest BCUT2D eigenvalue weighted by molar-refractivity contribution is 7.80. The van der Waals surface area contributed by atoms with Crippen LogP contribution in [0.25, 0.3) is 5.13 Å². The summed E-state index contributed by atoms with van der Waals surface area (Å²) in [6, 6.07) is 12.5. The third-order valence-corrected chi connectivity index (χ3v) is 7.00. The van der Waals surface area contributed by atoms with Crippen molar-refractivity contribution >= 4 is 46.0 Å². The Hall–Kier alpha value is -2.94. The van der Waals surface area contributed by atoms with Crippen molar-refractivity contribution in [1.82, 2.24) is 19.9 Å². The van der Waals surface area contributed by atoms with Gasteiger partial charge in [0.2, 0.25) is 0 Å². The molecule has 0 radical (unpaired) electrons. The summed E-state index contributed by atoms with van der Waals surface area (Å²) in [6.07, 6.45) is 3.58. The predicted molar refractivity (Wildman–Crippen MR) is 132 cm³/mol. The standard InChI is InChI=1S/C23H20ClN5OS2/c1-13-11-16(14(2)28(13)23-26-9-10-32-23)21-20(17-5-3-4-8-25-17)27-22(31)29(21)18-12-15(24)6-7-19(18)30/h3-12,20-21,30H,1-2H3,(H,27,31)/t20-,21+/m0/s1. The number of nitrogens with zero attached hydrogens (tertiary/aromatic N) is 4. The van der Waals surface area contributed by atoms with Crippen LogP contribution in [-0.2, 0) is 0 Å². The Morgan fingerprint density at radius 2 is 1.97 bits per heavy atom. The van der Waals surface area contributed by atoms with Gasteiger partial charge in [0.15, 0.2) is 10.2 Å². The summed E-state index contributed by atoms with van der Waals surface area (Å²) in [7, 11) is 0. The normalized spacial score (nSPS) is 18.2. The maximum Gasteiger partial charge on any atom is 0.193 e. The molecule has 2 N–H and O–H groups in total. The number of thiazole rings is 1. The molecule has 4 heterocycles. The summed E-state index contributed by atoms with van der Waals surface area (Å²) in [5, 5.41) is 18.0. The largest absolute Gasteiger partial charge is 0.506 e. The zero-order valence-electron chi connectivity index (χ0n) is 17.4. The number of anilines is 1. The lowest BCUT2D eigenvalue weighted by atomic mass is 9.96. The van der Waals surface area contributed by atoms with Crippen LogP contribution < -0.4 is 10.2 Å². The maximum absolute atomic E-state index is 10.7. The lowest BCUT2D eigenvalue weighted by Crippen LogP contribution is -2.29. The summed E-state index contributed by atoms with van der Waals surface area (Å²) in [5.74, 6) is 0.110. The summed E-state index contributed by atoms with van der Waals surface area (Å²) in [5.41, 5.74) is 4.61. The fraction of sp³-hybridized carbons (Fsp3) is 0.174. The van der Waals surface area contributed by atoms with Crippen LogP contribution >= 0.6 is 35.2 Å². The highest BCUT2D eigenvalue weighted by atomic mass is 35.5. The molecule has 162 valence electrons. The Morgan fingerprint density at radius 3 is 2.69 bits per heavy atom. The fourth-order valence-electron chi connectivity index (χ4n) is 4.33. The maximum atomic E-state index is 10.7. The minimum Gasteiger partial charge on any atom is -0.506 e. The number of phenolic OH excluding ortho intramolecular Hbond substituents is 1. The number of nitrogens with one attached hydrogen (secondary N) is 1. The van der Waals surface area contributed by atoms with Gasteiger partial charge >= 0.3 is 0 Å². The highest BCUT2D eigenvalue weighted by Gasteiger charge is 2.43. The molecule has 1 fully saturated rings. The third kappa shape index (κ3) is 3.44. The predicted octanol–water partition coefficient (Wildman–Crippen LogP) is 5.48. The molecule has 5 rings (SSSR count). The van der Waals surface area contributed by atoms with E-state index in [4.69, 9.17) is 23.8 Å². The second kappa shape index (κ2) is 8.20. The van der Waals surface area contributed by atoms with Gasteiger partial charge in [0.05, 0.1) is 23.5 Å². The van der Waals surface area contributed by atoms with E-state index < -0.39 is 0 Å². The second-order valence-corrected chi connectivity index (χ2v) is 9.30. The molecule has 0 aliphatic carbocycles. The van der Waals surface area contributed by atoms with Crippen molar-refractivity contribution in [2.24, 2.45) is 0 Å². The van der Waals surface area contributed by atoms with Gasteiger partial charge in [-0.05, 0) is 68.0 Å². The van der Waals surface area contributed by atoms with Gasteiger partial charge in [-0.15, -0.1) is 11.3 Å². The fourth-order valence-corrected chi connectivity index (χ4v) is 5.58. The first-order chi connectivity index (χ1) is 15.5. The lowest BCUT2D eigenvalue weighted by Gasteiger charge is -2.28. The molecule has 0 bridgehead atoms. The molecule has 0 saturated carbocycles. The van der Waals surface area contributed by atoms with Crippen LogP contribution in [0.1, 0.15) is 34.7 Å². The molecule has 3 aromatic heterocycles. The van der Waals surface area contributed by atoms with Crippen molar-refractivity contribution in [3.8, 4) is 10.9 Å². The zero-order valence-corrected chi connectivity index (χ0v) is 19.7. The molecule has 2 atom stereocenters. The third-order valence-electron chi connectivity index (χ3n) is 5.69. The molecule has 9 heteroatoms. The van der Waals surface area contributed by atoms with Crippen LogP contribution in [0.5, 0.6) is 5.75 Å². The molecular weight excluding hydrogens is 462 g/mol. The summed E-state index contributed by atoms with van der Waals surface area (Å²) >= 11 is 13.6. The number of hydrogen-bond acceptors (Lipinski definition) is 5. The Bertz CT molecular complexity index is 1290. The Balaban J connectivity index is 1.71. The Kier molecular flexibility index (Phi) is 5.36. The number of aryl methyl sites for hydroxylation is 1. The number of hydrogen-bond donors (Lipinski definition) is 2. The van der Waals surface area contributed by atoms with Gasteiger partial charge in [-0.1, -0.05) is 17.7 Å². The first-order valence-corrected chi connectivity index (χ1v) is 11.7. The van der Waals surface area contributed by atoms with Crippen molar-refractivity contribution in [3.63, 3.8) is 0 Å². The number of benzene rings is 1. The number of rotatable bonds is 4. The van der Waals surface area contributed by atoms with E-state index in [2.05, 4.69) is 39.8 Å². The van der Waals surface area contributed by atoms with Crippen LogP contribution in [-0.4, -0.2) is 24.8 Å². The van der Waals surface area contributed by atoms with Crippen molar-refractivity contribution in [1.29, 1.82) is 0 Å². The van der Waals surface area contributed by atoms with Crippen molar-refractivity contribution < 1.29 is 5.11 Å². The SMILES string of the molecule is Cc1cc([C@@H]2[C@H](c3ccccn3)NC(=S)N2c2cc(Cl)ccc2O)c(C)n1-c1nccs1. The Morgan fingerprint density at radius 1 is 1.12 bits per heavy atom. The van der Waals surface area contributed by atoms with Crippen LogP contribution in [0.2, 0.25) is 5.02 Å². The van der Waals surface area contributed by atoms with Gasteiger partial charge in [-0.2, -0.15) is 0 Å². The number of aromatic hydroxyl groups is 1. The van der Waals surface area contributed by atoms with Gasteiger partial charge in [0.25, 0.3) is 0 Å². The smallest absolute Gasteiger partial charge is 0.193 e. The van der Waals surface area contributed by atoms with E-state index in [0.29, 0.717) is 15.8 Å². The molecule has 1 saturated heterocycles. The summed E-state index contributed by atoms with van der Waals surface area (Å²) in [4.78, 5) is 11.0. The molecule has 1 aliphatic heterocycles. The monoisotopic (exact) mass is 481 g/mol. The van der Waals surface area contributed by atoms with E-state index in [1.54, 1.807) is 41.9 Å². The van der Waals surface area contributed by atoms with E-state index in [1.807, 2.05) is 28.5 Å². The van der Waals surface area contributed by atoms with Gasteiger partial charge in [-0.3, -0.25) is 9.55 Å². The number of halogens is 1. The van der Waals surface area contributed by atoms with E-state index in [0.717, 1.165) is 27.8 Å². The van der Waals surface area contributed by atoms with E-state index in [-0.39, 0.29) is 17.8 Å². The van der Waals surface area contributed by atoms with E-state index >= 15 is 0 Å². The van der Waals surface area contributed by atoms with Crippen LogP contribution in [0.3, 0.4) is 0 Å². The van der Waals surface area contributed by atoms with Crippen LogP contribution in [0.15, 0.2) is 60.2 Å². The number of phenols is 1. The number of thiocarbonyl (C=S) groups is 1. The number of aromatic nitrogens is 3. The van der Waals surface area contributed by atoms with E-state index in [1.165, 1.54) is 0 Å². The molecule has 1 aromatic carbocycles. The lowest BCUT2D eigenvalue weighted by molar-refractivity contribution is 0.472. The first kappa shape index (κ1) is 20.9. The molecule has 32 heavy (non-hydrogen) atoms. The average Bonchev–Trinajstić information content (AvgIpc) is 3.48. The Labute approximate surface area is 200 Å².